The number of ether oxygens (including phenoxy) is 1. The number of rotatable bonds is 3. The second-order valence-electron chi connectivity index (χ2n) is 5.16. The lowest BCUT2D eigenvalue weighted by Crippen LogP contribution is -2.45. The highest BCUT2D eigenvalue weighted by Gasteiger charge is 2.23. The van der Waals surface area contributed by atoms with Crippen LogP contribution in [-0.4, -0.2) is 31.6 Å². The summed E-state index contributed by atoms with van der Waals surface area (Å²) in [7, 11) is 0. The Balaban J connectivity index is 2.09. The summed E-state index contributed by atoms with van der Waals surface area (Å²) in [5, 5.41) is 0. The van der Waals surface area contributed by atoms with Gasteiger partial charge in [0.25, 0.3) is 0 Å². The van der Waals surface area contributed by atoms with Crippen LogP contribution >= 0.6 is 0 Å². The first-order valence-corrected chi connectivity index (χ1v) is 6.55. The minimum Gasteiger partial charge on any atom is -0.367 e. The molecular weight excluding hydrogens is 226 g/mol. The van der Waals surface area contributed by atoms with E-state index in [4.69, 9.17) is 4.74 Å². The lowest BCUT2D eigenvalue weighted by atomic mass is 10.0. The van der Waals surface area contributed by atoms with Crippen molar-refractivity contribution in [3.05, 3.63) is 29.8 Å². The second kappa shape index (κ2) is 5.53. The summed E-state index contributed by atoms with van der Waals surface area (Å²) in [5.41, 5.74) is 2.52. The van der Waals surface area contributed by atoms with Gasteiger partial charge in [0.15, 0.2) is 5.78 Å². The van der Waals surface area contributed by atoms with E-state index in [1.54, 1.807) is 6.92 Å². The maximum absolute atomic E-state index is 11.4. The molecule has 1 aliphatic heterocycles. The van der Waals surface area contributed by atoms with E-state index in [1.807, 2.05) is 0 Å². The summed E-state index contributed by atoms with van der Waals surface area (Å²) in [6.07, 6.45) is -0.275. The third-order valence-corrected chi connectivity index (χ3v) is 3.44. The van der Waals surface area contributed by atoms with Gasteiger partial charge in [-0.2, -0.15) is 0 Å². The van der Waals surface area contributed by atoms with Crippen LogP contribution < -0.4 is 4.90 Å². The Morgan fingerprint density at radius 3 is 2.56 bits per heavy atom. The molecule has 3 nitrogen and oxygen atoms in total. The molecule has 0 bridgehead atoms. The fourth-order valence-electron chi connectivity index (χ4n) is 2.20. The van der Waals surface area contributed by atoms with E-state index in [1.165, 1.54) is 11.3 Å². The molecule has 0 saturated carbocycles. The number of morpholine rings is 1. The number of hydrogen-bond acceptors (Lipinski definition) is 3. The molecule has 98 valence electrons. The molecule has 1 unspecified atom stereocenters. The van der Waals surface area contributed by atoms with Gasteiger partial charge in [0.2, 0.25) is 0 Å². The number of nitrogens with zero attached hydrogens (tertiary/aromatic N) is 1. The number of Topliss-reactive ketones (excluding diaryl/α,β-unsaturated/α-hetero) is 1. The van der Waals surface area contributed by atoms with Crippen molar-refractivity contribution < 1.29 is 9.53 Å². The molecule has 0 aliphatic carbocycles. The van der Waals surface area contributed by atoms with Crippen LogP contribution in [0.5, 0.6) is 0 Å². The first-order valence-electron chi connectivity index (χ1n) is 6.55. The van der Waals surface area contributed by atoms with E-state index in [-0.39, 0.29) is 11.9 Å². The molecule has 1 aromatic rings. The molecular formula is C15H21NO2. The normalized spacial score (nSPS) is 20.2. The Hall–Kier alpha value is -1.35. The average molecular weight is 247 g/mol. The molecule has 18 heavy (non-hydrogen) atoms. The Bertz CT molecular complexity index is 411. The molecule has 1 aromatic carbocycles. The molecule has 0 radical (unpaired) electrons. The van der Waals surface area contributed by atoms with Crippen LogP contribution in [-0.2, 0) is 9.53 Å². The van der Waals surface area contributed by atoms with Crippen LogP contribution in [0.1, 0.15) is 32.3 Å². The predicted octanol–water partition coefficient (Wildman–Crippen LogP) is 2.60. The van der Waals surface area contributed by atoms with E-state index in [9.17, 15) is 4.79 Å². The lowest BCUT2D eigenvalue weighted by molar-refractivity contribution is -0.128. The van der Waals surface area contributed by atoms with Gasteiger partial charge >= 0.3 is 0 Å². The molecule has 3 heteroatoms. The molecule has 1 saturated heterocycles. The maximum atomic E-state index is 11.4. The van der Waals surface area contributed by atoms with Gasteiger partial charge in [-0.25, -0.2) is 0 Å². The largest absolute Gasteiger partial charge is 0.367 e. The topological polar surface area (TPSA) is 29.5 Å². The predicted molar refractivity (Wildman–Crippen MR) is 73.2 cm³/mol. The average Bonchev–Trinajstić information content (AvgIpc) is 2.39. The molecule has 2 rings (SSSR count). The zero-order valence-electron chi connectivity index (χ0n) is 11.3. The molecule has 0 N–H and O–H groups in total. The fourth-order valence-corrected chi connectivity index (χ4v) is 2.20. The Labute approximate surface area is 109 Å². The van der Waals surface area contributed by atoms with E-state index in [0.29, 0.717) is 19.1 Å². The minimum atomic E-state index is -0.275. The number of ketones is 1. The number of hydrogen-bond donors (Lipinski definition) is 0. The molecule has 0 amide bonds. The summed E-state index contributed by atoms with van der Waals surface area (Å²) in [6, 6.07) is 8.60. The van der Waals surface area contributed by atoms with Gasteiger partial charge in [-0.1, -0.05) is 26.0 Å². The Morgan fingerprint density at radius 1 is 1.33 bits per heavy atom. The van der Waals surface area contributed by atoms with Crippen LogP contribution in [0.4, 0.5) is 5.69 Å². The second-order valence-corrected chi connectivity index (χ2v) is 5.16. The summed E-state index contributed by atoms with van der Waals surface area (Å²) < 4.78 is 5.46. The van der Waals surface area contributed by atoms with Crippen LogP contribution in [0.25, 0.3) is 0 Å². The third-order valence-electron chi connectivity index (χ3n) is 3.44. The van der Waals surface area contributed by atoms with Crippen molar-refractivity contribution in [3.8, 4) is 0 Å². The van der Waals surface area contributed by atoms with Crippen molar-refractivity contribution in [2.24, 2.45) is 0 Å². The summed E-state index contributed by atoms with van der Waals surface area (Å²) in [6.45, 7) is 8.11. The first kappa shape index (κ1) is 13.1. The zero-order valence-corrected chi connectivity index (χ0v) is 11.3. The van der Waals surface area contributed by atoms with Gasteiger partial charge in [-0.15, -0.1) is 0 Å². The maximum Gasteiger partial charge on any atom is 0.160 e. The molecule has 0 spiro atoms. The van der Waals surface area contributed by atoms with Crippen LogP contribution in [0.3, 0.4) is 0 Å². The van der Waals surface area contributed by atoms with Gasteiger partial charge in [0.1, 0.15) is 6.10 Å². The van der Waals surface area contributed by atoms with E-state index < -0.39 is 0 Å². The van der Waals surface area contributed by atoms with E-state index in [2.05, 4.69) is 43.0 Å². The standard InChI is InChI=1S/C15H21NO2/c1-11(2)13-4-6-14(7-5-13)16-8-9-18-15(10-16)12(3)17/h4-7,11,15H,8-10H2,1-3H3. The SMILES string of the molecule is CC(=O)C1CN(c2ccc(C(C)C)cc2)CCO1. The smallest absolute Gasteiger partial charge is 0.160 e. The van der Waals surface area contributed by atoms with Crippen LogP contribution in [0, 0.1) is 0 Å². The lowest BCUT2D eigenvalue weighted by Gasteiger charge is -2.33. The van der Waals surface area contributed by atoms with Crippen molar-refractivity contribution in [1.29, 1.82) is 0 Å². The number of anilines is 1. The van der Waals surface area contributed by atoms with Gasteiger partial charge in [-0.3, -0.25) is 4.79 Å². The highest BCUT2D eigenvalue weighted by Crippen LogP contribution is 2.22. The monoisotopic (exact) mass is 247 g/mol. The van der Waals surface area contributed by atoms with Gasteiger partial charge in [0, 0.05) is 12.2 Å². The van der Waals surface area contributed by atoms with Gasteiger partial charge in [-0.05, 0) is 30.5 Å². The highest BCUT2D eigenvalue weighted by molar-refractivity contribution is 5.81. The fraction of sp³-hybridized carbons (Fsp3) is 0.533. The summed E-state index contributed by atoms with van der Waals surface area (Å²) in [5.74, 6) is 0.659. The van der Waals surface area contributed by atoms with Crippen molar-refractivity contribution in [2.45, 2.75) is 32.8 Å². The molecule has 1 aliphatic rings. The summed E-state index contributed by atoms with van der Waals surface area (Å²) >= 11 is 0. The van der Waals surface area contributed by atoms with E-state index in [0.717, 1.165) is 6.54 Å². The Morgan fingerprint density at radius 2 is 2.00 bits per heavy atom. The van der Waals surface area contributed by atoms with Crippen molar-refractivity contribution >= 4 is 11.5 Å². The van der Waals surface area contributed by atoms with Gasteiger partial charge < -0.3 is 9.64 Å². The molecule has 1 atom stereocenters. The van der Waals surface area contributed by atoms with Crippen molar-refractivity contribution in [2.75, 3.05) is 24.6 Å². The van der Waals surface area contributed by atoms with Crippen LogP contribution in [0.15, 0.2) is 24.3 Å². The number of benzene rings is 1. The molecule has 1 heterocycles. The first-order chi connectivity index (χ1) is 8.58. The highest BCUT2D eigenvalue weighted by atomic mass is 16.5. The minimum absolute atomic E-state index is 0.110. The van der Waals surface area contributed by atoms with Crippen molar-refractivity contribution in [3.63, 3.8) is 0 Å². The molecule has 0 aromatic heterocycles. The van der Waals surface area contributed by atoms with E-state index >= 15 is 0 Å². The molecule has 1 fully saturated rings. The van der Waals surface area contributed by atoms with Crippen LogP contribution in [0.2, 0.25) is 0 Å². The van der Waals surface area contributed by atoms with Gasteiger partial charge in [0.05, 0.1) is 13.2 Å². The number of carbonyl (C=O) groups is 1. The number of carbonyl (C=O) groups excluding carboxylic acids is 1. The zero-order chi connectivity index (χ0) is 13.1. The quantitative estimate of drug-likeness (QED) is 0.822. The Kier molecular flexibility index (Phi) is 4.02. The third kappa shape index (κ3) is 2.91. The van der Waals surface area contributed by atoms with Crippen molar-refractivity contribution in [1.82, 2.24) is 0 Å². The summed E-state index contributed by atoms with van der Waals surface area (Å²) in [4.78, 5) is 13.6.